The molecule has 4 aromatic carbocycles. The number of rotatable bonds is 12. The summed E-state index contributed by atoms with van der Waals surface area (Å²) in [5.74, 6) is 0.0693. The summed E-state index contributed by atoms with van der Waals surface area (Å²) < 4.78 is 55.4. The lowest BCUT2D eigenvalue weighted by Gasteiger charge is -2.16. The molecule has 20 nitrogen and oxygen atoms in total. The normalized spacial score (nSPS) is 12.1. The SMILES string of the molecule is NOS(=O)(=O)c1cc(Nc2nc(O)nc(Nc3ccccc3C(=O)O)n2)c2c(O)c(N=Nc3ccccc3C(=O)O)c(OS(=O)O)cc2c1. The number of phenolic OH excluding ortho intramolecular Hbond substituents is 1. The third-order valence-electron chi connectivity index (χ3n) is 6.37. The van der Waals surface area contributed by atoms with Crippen molar-refractivity contribution in [3.05, 3.63) is 77.9 Å². The zero-order valence-corrected chi connectivity index (χ0v) is 25.7. The summed E-state index contributed by atoms with van der Waals surface area (Å²) in [6.45, 7) is 0. The van der Waals surface area contributed by atoms with Gasteiger partial charge in [-0.25, -0.2) is 9.59 Å². The molecule has 0 saturated carbocycles. The van der Waals surface area contributed by atoms with Crippen LogP contribution in [0.3, 0.4) is 0 Å². The first-order chi connectivity index (χ1) is 23.3. The van der Waals surface area contributed by atoms with E-state index < -0.39 is 67.5 Å². The third kappa shape index (κ3) is 7.47. The molecule has 0 aliphatic heterocycles. The fraction of sp³-hybridized carbons (Fsp3) is 0. The Morgan fingerprint density at radius 1 is 0.837 bits per heavy atom. The number of carboxylic acids is 2. The Labute approximate surface area is 276 Å². The van der Waals surface area contributed by atoms with Crippen LogP contribution in [-0.4, -0.2) is 64.5 Å². The van der Waals surface area contributed by atoms with E-state index >= 15 is 0 Å². The van der Waals surface area contributed by atoms with Crippen molar-refractivity contribution in [2.24, 2.45) is 16.1 Å². The number of aromatic carboxylic acids is 2. The van der Waals surface area contributed by atoms with Gasteiger partial charge in [-0.15, -0.1) is 10.2 Å². The standard InChI is InChI=1S/C27H20N8O12S2/c28-47-49(44,45)13-9-12-10-19(46-48(42)43)21(35-34-17-8-4-2-6-15(17)24(39)40)22(36)20(12)18(11-13)30-26-31-25(32-27(41)33-26)29-16-7-3-1-5-14(16)23(37)38/h1-11,36H,28H2,(H,37,38)(H,39,40)(H,42,43)(H3,29,30,31,32,33,41). The highest BCUT2D eigenvalue weighted by Gasteiger charge is 2.24. The minimum atomic E-state index is -4.65. The van der Waals surface area contributed by atoms with Crippen LogP contribution in [0.1, 0.15) is 20.7 Å². The number of fused-ring (bicyclic) bond motifs is 1. The number of carboxylic acid groups (broad SMARTS) is 2. The maximum absolute atomic E-state index is 12.6. The molecule has 0 radical (unpaired) electrons. The van der Waals surface area contributed by atoms with Gasteiger partial charge in [-0.2, -0.15) is 37.8 Å². The molecule has 0 aliphatic rings. The van der Waals surface area contributed by atoms with E-state index in [2.05, 4.69) is 40.1 Å². The molecule has 1 aromatic heterocycles. The van der Waals surface area contributed by atoms with Crippen LogP contribution in [0.25, 0.3) is 10.8 Å². The molecule has 0 bridgehead atoms. The van der Waals surface area contributed by atoms with Crippen LogP contribution in [-0.2, 0) is 25.8 Å². The smallest absolute Gasteiger partial charge is 0.357 e. The zero-order chi connectivity index (χ0) is 35.5. The zero-order valence-electron chi connectivity index (χ0n) is 24.1. The van der Waals surface area contributed by atoms with Crippen LogP contribution < -0.4 is 20.7 Å². The summed E-state index contributed by atoms with van der Waals surface area (Å²) in [7, 11) is -4.65. The molecular weight excluding hydrogens is 692 g/mol. The minimum absolute atomic E-state index is 0.0381. The number of benzene rings is 4. The number of azo groups is 1. The Bertz CT molecular complexity index is 2300. The number of carbonyl (C=O) groups is 2. The van der Waals surface area contributed by atoms with Gasteiger partial charge < -0.3 is 35.2 Å². The van der Waals surface area contributed by atoms with Crippen molar-refractivity contribution in [1.29, 1.82) is 0 Å². The van der Waals surface area contributed by atoms with Gasteiger partial charge in [0.25, 0.3) is 0 Å². The first-order valence-corrected chi connectivity index (χ1v) is 15.5. The second-order valence-electron chi connectivity index (χ2n) is 9.40. The van der Waals surface area contributed by atoms with E-state index in [1.54, 1.807) is 0 Å². The molecule has 1 heterocycles. The van der Waals surface area contributed by atoms with Crippen LogP contribution in [0.4, 0.5) is 34.6 Å². The lowest BCUT2D eigenvalue weighted by atomic mass is 10.1. The summed E-state index contributed by atoms with van der Waals surface area (Å²) in [6, 6.07) is 13.1. The van der Waals surface area contributed by atoms with Crippen molar-refractivity contribution in [1.82, 2.24) is 15.0 Å². The Morgan fingerprint density at radius 2 is 1.45 bits per heavy atom. The van der Waals surface area contributed by atoms with Gasteiger partial charge in [0.15, 0.2) is 17.2 Å². The fourth-order valence-electron chi connectivity index (χ4n) is 4.34. The topological polar surface area (TPSA) is 318 Å². The molecule has 22 heteroatoms. The van der Waals surface area contributed by atoms with Gasteiger partial charge in [0.2, 0.25) is 11.9 Å². The summed E-state index contributed by atoms with van der Waals surface area (Å²) in [6.07, 6.45) is 0. The van der Waals surface area contributed by atoms with E-state index in [0.29, 0.717) is 0 Å². The van der Waals surface area contributed by atoms with Crippen molar-refractivity contribution in [3.8, 4) is 17.5 Å². The second kappa shape index (κ2) is 13.8. The number of para-hydroxylation sites is 1. The van der Waals surface area contributed by atoms with E-state index in [4.69, 9.17) is 10.1 Å². The number of nitrogens with one attached hydrogen (secondary N) is 2. The minimum Gasteiger partial charge on any atom is -0.505 e. The summed E-state index contributed by atoms with van der Waals surface area (Å²) >= 11 is -3.01. The lowest BCUT2D eigenvalue weighted by Crippen LogP contribution is -2.12. The highest BCUT2D eigenvalue weighted by Crippen LogP contribution is 2.48. The van der Waals surface area contributed by atoms with Gasteiger partial charge in [0.1, 0.15) is 5.69 Å². The van der Waals surface area contributed by atoms with Crippen molar-refractivity contribution >= 4 is 78.8 Å². The highest BCUT2D eigenvalue weighted by atomic mass is 32.2. The number of phenols is 1. The van der Waals surface area contributed by atoms with E-state index in [1.807, 2.05) is 0 Å². The van der Waals surface area contributed by atoms with Crippen LogP contribution in [0, 0.1) is 0 Å². The monoisotopic (exact) mass is 712 g/mol. The van der Waals surface area contributed by atoms with Gasteiger partial charge in [-0.3, -0.25) is 4.55 Å². The fourth-order valence-corrected chi connectivity index (χ4v) is 5.26. The predicted molar refractivity (Wildman–Crippen MR) is 169 cm³/mol. The van der Waals surface area contributed by atoms with Gasteiger partial charge in [-0.1, -0.05) is 24.3 Å². The van der Waals surface area contributed by atoms with Gasteiger partial charge >= 0.3 is 39.4 Å². The molecule has 5 aromatic rings. The molecule has 9 N–H and O–H groups in total. The van der Waals surface area contributed by atoms with E-state index in [0.717, 1.165) is 18.2 Å². The van der Waals surface area contributed by atoms with Crippen molar-refractivity contribution in [2.75, 3.05) is 10.6 Å². The molecular formula is C27H20N8O12S2. The number of nitrogens with two attached hydrogens (primary N) is 1. The van der Waals surface area contributed by atoms with Crippen LogP contribution in [0.2, 0.25) is 0 Å². The van der Waals surface area contributed by atoms with Crippen LogP contribution in [0.15, 0.2) is 81.9 Å². The molecule has 252 valence electrons. The first kappa shape index (κ1) is 34.0. The number of aromatic hydroxyl groups is 2. The highest BCUT2D eigenvalue weighted by molar-refractivity contribution is 7.86. The third-order valence-corrected chi connectivity index (χ3v) is 7.75. The Balaban J connectivity index is 1.70. The van der Waals surface area contributed by atoms with E-state index in [-0.39, 0.29) is 44.9 Å². The number of nitrogens with zero attached hydrogens (tertiary/aromatic N) is 5. The molecule has 1 atom stereocenters. The molecule has 0 fully saturated rings. The van der Waals surface area contributed by atoms with Crippen molar-refractivity contribution in [2.45, 2.75) is 4.90 Å². The largest absolute Gasteiger partial charge is 0.505 e. The summed E-state index contributed by atoms with van der Waals surface area (Å²) in [5, 5.41) is 53.2. The number of anilines is 4. The number of hydrogen-bond donors (Lipinski definition) is 8. The molecule has 0 saturated heterocycles. The van der Waals surface area contributed by atoms with Gasteiger partial charge in [0.05, 0.1) is 27.4 Å². The summed E-state index contributed by atoms with van der Waals surface area (Å²) in [4.78, 5) is 34.2. The van der Waals surface area contributed by atoms with E-state index in [1.165, 1.54) is 48.5 Å². The Hall–Kier alpha value is -6.33. The average molecular weight is 713 g/mol. The molecule has 49 heavy (non-hydrogen) atoms. The first-order valence-electron chi connectivity index (χ1n) is 13.1. The number of aromatic nitrogens is 3. The number of hydrogen-bond acceptors (Lipinski definition) is 17. The van der Waals surface area contributed by atoms with Crippen molar-refractivity contribution < 1.29 is 55.7 Å². The molecule has 5 rings (SSSR count). The van der Waals surface area contributed by atoms with Crippen LogP contribution >= 0.6 is 0 Å². The molecule has 0 spiro atoms. The van der Waals surface area contributed by atoms with Crippen LogP contribution in [0.5, 0.6) is 17.5 Å². The predicted octanol–water partition coefficient (Wildman–Crippen LogP) is 3.83. The second-order valence-corrected chi connectivity index (χ2v) is 11.6. The quantitative estimate of drug-likeness (QED) is 0.0517. The maximum Gasteiger partial charge on any atom is 0.357 e. The lowest BCUT2D eigenvalue weighted by molar-refractivity contribution is 0.0687. The Kier molecular flexibility index (Phi) is 9.58. The Morgan fingerprint density at radius 3 is 2.08 bits per heavy atom. The van der Waals surface area contributed by atoms with Crippen molar-refractivity contribution in [3.63, 3.8) is 0 Å². The van der Waals surface area contributed by atoms with Gasteiger partial charge in [0, 0.05) is 5.39 Å². The average Bonchev–Trinajstić information content (AvgIpc) is 3.04. The molecule has 0 amide bonds. The molecule has 0 aliphatic carbocycles. The maximum atomic E-state index is 12.6. The van der Waals surface area contributed by atoms with E-state index in [9.17, 15) is 47.2 Å². The summed E-state index contributed by atoms with van der Waals surface area (Å²) in [5.41, 5.74) is -1.49. The molecule has 1 unspecified atom stereocenters. The van der Waals surface area contributed by atoms with Gasteiger partial charge in [-0.05, 0) is 47.9 Å².